The van der Waals surface area contributed by atoms with Crippen LogP contribution in [0.25, 0.3) is 0 Å². The van der Waals surface area contributed by atoms with Gasteiger partial charge in [-0.05, 0) is 64.0 Å². The van der Waals surface area contributed by atoms with Crippen molar-refractivity contribution in [1.82, 2.24) is 10.2 Å². The third-order valence-corrected chi connectivity index (χ3v) is 5.62. The second kappa shape index (κ2) is 8.53. The van der Waals surface area contributed by atoms with Crippen LogP contribution in [0.1, 0.15) is 80.1 Å². The summed E-state index contributed by atoms with van der Waals surface area (Å²) < 4.78 is 0. The third-order valence-electron chi connectivity index (χ3n) is 5.62. The van der Waals surface area contributed by atoms with Crippen LogP contribution in [-0.4, -0.2) is 36.6 Å². The van der Waals surface area contributed by atoms with Gasteiger partial charge in [0.05, 0.1) is 0 Å². The predicted molar refractivity (Wildman–Crippen MR) is 94.8 cm³/mol. The van der Waals surface area contributed by atoms with E-state index in [9.17, 15) is 0 Å². The summed E-state index contributed by atoms with van der Waals surface area (Å²) >= 11 is 0. The Morgan fingerprint density at radius 1 is 1.14 bits per heavy atom. The van der Waals surface area contributed by atoms with Gasteiger partial charge < -0.3 is 5.32 Å². The Balaban J connectivity index is 2.77. The molecule has 0 heterocycles. The Morgan fingerprint density at radius 3 is 2.33 bits per heavy atom. The second-order valence-electron chi connectivity index (χ2n) is 8.31. The zero-order valence-electron chi connectivity index (χ0n) is 15.7. The molecular formula is C19H40N2. The predicted octanol–water partition coefficient (Wildman–Crippen LogP) is 4.69. The fourth-order valence-corrected chi connectivity index (χ4v) is 3.90. The van der Waals surface area contributed by atoms with Gasteiger partial charge >= 0.3 is 0 Å². The van der Waals surface area contributed by atoms with Gasteiger partial charge in [-0.15, -0.1) is 0 Å². The third kappa shape index (κ3) is 5.56. The first kappa shape index (κ1) is 19.0. The Bertz CT molecular complexity index is 280. The standard InChI is InChI=1S/C19H40N2/c1-8-10-15(3)21(7)18-14-16(19(4,5)6)11-12-17(18)20-13-9-2/h15-18,20H,8-14H2,1-7H3. The van der Waals surface area contributed by atoms with Crippen LogP contribution in [0.15, 0.2) is 0 Å². The molecule has 0 spiro atoms. The minimum absolute atomic E-state index is 0.447. The molecule has 0 radical (unpaired) electrons. The molecule has 0 saturated heterocycles. The maximum absolute atomic E-state index is 3.83. The lowest BCUT2D eigenvalue weighted by Gasteiger charge is -2.47. The minimum Gasteiger partial charge on any atom is -0.312 e. The monoisotopic (exact) mass is 296 g/mol. The van der Waals surface area contributed by atoms with E-state index in [1.807, 2.05) is 0 Å². The zero-order chi connectivity index (χ0) is 16.0. The molecule has 0 aromatic heterocycles. The SMILES string of the molecule is CCCNC1CCC(C(C)(C)C)CC1N(C)C(C)CCC. The maximum atomic E-state index is 3.83. The molecule has 0 aromatic rings. The summed E-state index contributed by atoms with van der Waals surface area (Å²) in [6.45, 7) is 15.4. The largest absolute Gasteiger partial charge is 0.312 e. The van der Waals surface area contributed by atoms with Crippen molar-refractivity contribution in [3.63, 3.8) is 0 Å². The van der Waals surface area contributed by atoms with Crippen molar-refractivity contribution < 1.29 is 0 Å². The van der Waals surface area contributed by atoms with E-state index in [1.54, 1.807) is 0 Å². The van der Waals surface area contributed by atoms with Crippen LogP contribution < -0.4 is 5.32 Å². The van der Waals surface area contributed by atoms with Gasteiger partial charge in [0, 0.05) is 18.1 Å². The van der Waals surface area contributed by atoms with Crippen molar-refractivity contribution in [3.8, 4) is 0 Å². The molecule has 21 heavy (non-hydrogen) atoms. The molecule has 1 rings (SSSR count). The molecule has 2 heteroatoms. The highest BCUT2D eigenvalue weighted by Crippen LogP contribution is 2.39. The quantitative estimate of drug-likeness (QED) is 0.733. The van der Waals surface area contributed by atoms with Crippen LogP contribution in [-0.2, 0) is 0 Å². The Labute approximate surface area is 134 Å². The van der Waals surface area contributed by atoms with Gasteiger partial charge in [-0.3, -0.25) is 4.90 Å². The van der Waals surface area contributed by atoms with Gasteiger partial charge in [-0.1, -0.05) is 41.0 Å². The molecule has 0 aliphatic heterocycles. The van der Waals surface area contributed by atoms with Gasteiger partial charge in [0.25, 0.3) is 0 Å². The number of nitrogens with zero attached hydrogens (tertiary/aromatic N) is 1. The van der Waals surface area contributed by atoms with Crippen LogP contribution in [0, 0.1) is 11.3 Å². The fourth-order valence-electron chi connectivity index (χ4n) is 3.90. The summed E-state index contributed by atoms with van der Waals surface area (Å²) in [6.07, 6.45) is 7.92. The van der Waals surface area contributed by atoms with Crippen LogP contribution in [0.3, 0.4) is 0 Å². The first-order valence-corrected chi connectivity index (χ1v) is 9.26. The van der Waals surface area contributed by atoms with Crippen LogP contribution in [0.4, 0.5) is 0 Å². The molecular weight excluding hydrogens is 256 g/mol. The van der Waals surface area contributed by atoms with Crippen LogP contribution in [0.5, 0.6) is 0 Å². The van der Waals surface area contributed by atoms with E-state index in [4.69, 9.17) is 0 Å². The minimum atomic E-state index is 0.447. The van der Waals surface area contributed by atoms with Crippen molar-refractivity contribution in [2.75, 3.05) is 13.6 Å². The summed E-state index contributed by atoms with van der Waals surface area (Å²) in [5, 5.41) is 3.83. The number of rotatable bonds is 7. The van der Waals surface area contributed by atoms with Crippen molar-refractivity contribution >= 4 is 0 Å². The van der Waals surface area contributed by atoms with Crippen molar-refractivity contribution in [2.24, 2.45) is 11.3 Å². The summed E-state index contributed by atoms with van der Waals surface area (Å²) in [4.78, 5) is 2.68. The van der Waals surface area contributed by atoms with E-state index in [2.05, 4.69) is 58.8 Å². The van der Waals surface area contributed by atoms with Crippen molar-refractivity contribution in [3.05, 3.63) is 0 Å². The van der Waals surface area contributed by atoms with Gasteiger partial charge in [-0.2, -0.15) is 0 Å². The van der Waals surface area contributed by atoms with E-state index in [-0.39, 0.29) is 0 Å². The summed E-state index contributed by atoms with van der Waals surface area (Å²) in [5.41, 5.74) is 0.447. The smallest absolute Gasteiger partial charge is 0.0251 e. The molecule has 1 aliphatic rings. The topological polar surface area (TPSA) is 15.3 Å². The Hall–Kier alpha value is -0.0800. The molecule has 4 unspecified atom stereocenters. The first-order chi connectivity index (χ1) is 9.81. The molecule has 126 valence electrons. The summed E-state index contributed by atoms with van der Waals surface area (Å²) in [7, 11) is 2.36. The molecule has 0 amide bonds. The maximum Gasteiger partial charge on any atom is 0.0251 e. The lowest BCUT2D eigenvalue weighted by molar-refractivity contribution is 0.0512. The van der Waals surface area contributed by atoms with Gasteiger partial charge in [0.1, 0.15) is 0 Å². The number of hydrogen-bond donors (Lipinski definition) is 1. The van der Waals surface area contributed by atoms with Crippen LogP contribution >= 0.6 is 0 Å². The molecule has 0 bridgehead atoms. The molecule has 2 nitrogen and oxygen atoms in total. The van der Waals surface area contributed by atoms with Gasteiger partial charge in [0.2, 0.25) is 0 Å². The molecule has 1 fully saturated rings. The van der Waals surface area contributed by atoms with Crippen LogP contribution in [0.2, 0.25) is 0 Å². The molecule has 1 N–H and O–H groups in total. The van der Waals surface area contributed by atoms with Gasteiger partial charge in [-0.25, -0.2) is 0 Å². The normalized spacial score (nSPS) is 28.9. The van der Waals surface area contributed by atoms with E-state index in [0.29, 0.717) is 23.5 Å². The highest BCUT2D eigenvalue weighted by atomic mass is 15.2. The lowest BCUT2D eigenvalue weighted by Crippen LogP contribution is -2.55. The van der Waals surface area contributed by atoms with E-state index in [1.165, 1.54) is 38.5 Å². The average molecular weight is 297 g/mol. The molecule has 0 aromatic carbocycles. The number of nitrogens with one attached hydrogen (secondary N) is 1. The summed E-state index contributed by atoms with van der Waals surface area (Å²) in [6, 6.07) is 2.09. The fraction of sp³-hybridized carbons (Fsp3) is 1.00. The molecule has 1 saturated carbocycles. The highest BCUT2D eigenvalue weighted by Gasteiger charge is 2.38. The molecule has 1 aliphatic carbocycles. The first-order valence-electron chi connectivity index (χ1n) is 9.26. The van der Waals surface area contributed by atoms with E-state index in [0.717, 1.165) is 12.5 Å². The number of likely N-dealkylation sites (N-methyl/N-ethyl adjacent to an activating group) is 1. The Morgan fingerprint density at radius 2 is 1.81 bits per heavy atom. The Kier molecular flexibility index (Phi) is 7.70. The van der Waals surface area contributed by atoms with Crippen molar-refractivity contribution in [1.29, 1.82) is 0 Å². The summed E-state index contributed by atoms with van der Waals surface area (Å²) in [5.74, 6) is 0.860. The lowest BCUT2D eigenvalue weighted by atomic mass is 9.69. The molecule has 4 atom stereocenters. The average Bonchev–Trinajstić information content (AvgIpc) is 2.43. The second-order valence-corrected chi connectivity index (χ2v) is 8.31. The highest BCUT2D eigenvalue weighted by molar-refractivity contribution is 4.94. The van der Waals surface area contributed by atoms with Gasteiger partial charge in [0.15, 0.2) is 0 Å². The van der Waals surface area contributed by atoms with E-state index < -0.39 is 0 Å². The number of hydrogen-bond acceptors (Lipinski definition) is 2. The van der Waals surface area contributed by atoms with E-state index >= 15 is 0 Å². The van der Waals surface area contributed by atoms with Crippen molar-refractivity contribution in [2.45, 2.75) is 98.2 Å². The zero-order valence-corrected chi connectivity index (χ0v) is 15.7.